The van der Waals surface area contributed by atoms with Gasteiger partial charge >= 0.3 is 6.09 Å². The summed E-state index contributed by atoms with van der Waals surface area (Å²) in [4.78, 5) is 15.1. The molecule has 1 aromatic rings. The molecule has 1 aliphatic rings. The van der Waals surface area contributed by atoms with E-state index in [9.17, 15) is 4.79 Å². The Bertz CT molecular complexity index is 498. The minimum Gasteiger partial charge on any atom is -0.444 e. The van der Waals surface area contributed by atoms with Crippen molar-refractivity contribution in [2.75, 3.05) is 20.1 Å². The van der Waals surface area contributed by atoms with Crippen LogP contribution in [0.15, 0.2) is 11.4 Å². The van der Waals surface area contributed by atoms with Gasteiger partial charge in [-0.2, -0.15) is 0 Å². The number of carbonyl (C=O) groups is 1. The summed E-state index contributed by atoms with van der Waals surface area (Å²) in [5.74, 6) is 0.360. The number of amides is 1. The molecule has 4 nitrogen and oxygen atoms in total. The lowest BCUT2D eigenvalue weighted by Crippen LogP contribution is -2.36. The fourth-order valence-corrected chi connectivity index (χ4v) is 4.04. The molecule has 0 bridgehead atoms. The molecule has 21 heavy (non-hydrogen) atoms. The summed E-state index contributed by atoms with van der Waals surface area (Å²) in [5, 5.41) is 6.15. The zero-order valence-corrected chi connectivity index (χ0v) is 14.6. The lowest BCUT2D eigenvalue weighted by Gasteiger charge is -2.26. The summed E-state index contributed by atoms with van der Waals surface area (Å²) in [6.45, 7) is 7.11. The van der Waals surface area contributed by atoms with Crippen molar-refractivity contribution in [3.05, 3.63) is 21.3 Å². The standard InChI is InChI=1S/C15H23ClN2O2S/c1-15(2,3)20-14(19)18-7-5-10(9-18)12(17-4)13-11(16)6-8-21-13/h6,8,10,12,17H,5,7,9H2,1-4H3. The normalized spacial score (nSPS) is 20.6. The van der Waals surface area contributed by atoms with E-state index in [1.165, 1.54) is 0 Å². The van der Waals surface area contributed by atoms with Crippen LogP contribution < -0.4 is 5.32 Å². The maximum atomic E-state index is 12.1. The molecule has 0 radical (unpaired) electrons. The lowest BCUT2D eigenvalue weighted by molar-refractivity contribution is 0.0285. The molecule has 118 valence electrons. The van der Waals surface area contributed by atoms with Gasteiger partial charge in [-0.15, -0.1) is 11.3 Å². The fourth-order valence-electron chi connectivity index (χ4n) is 2.66. The maximum Gasteiger partial charge on any atom is 0.410 e. The van der Waals surface area contributed by atoms with Crippen LogP contribution in [0, 0.1) is 5.92 Å². The van der Waals surface area contributed by atoms with Crippen molar-refractivity contribution < 1.29 is 9.53 Å². The van der Waals surface area contributed by atoms with Gasteiger partial charge in [0.1, 0.15) is 5.60 Å². The molecule has 6 heteroatoms. The zero-order chi connectivity index (χ0) is 15.6. The highest BCUT2D eigenvalue weighted by Gasteiger charge is 2.35. The number of hydrogen-bond acceptors (Lipinski definition) is 4. The Balaban J connectivity index is 2.01. The van der Waals surface area contributed by atoms with Crippen LogP contribution in [0.4, 0.5) is 4.79 Å². The van der Waals surface area contributed by atoms with Crippen molar-refractivity contribution in [1.29, 1.82) is 0 Å². The fraction of sp³-hybridized carbons (Fsp3) is 0.667. The molecule has 2 unspecified atom stereocenters. The number of thiophene rings is 1. The number of hydrogen-bond donors (Lipinski definition) is 1. The van der Waals surface area contributed by atoms with E-state index in [-0.39, 0.29) is 12.1 Å². The summed E-state index contributed by atoms with van der Waals surface area (Å²) in [6, 6.07) is 2.11. The highest BCUT2D eigenvalue weighted by atomic mass is 35.5. The first-order valence-corrected chi connectivity index (χ1v) is 8.45. The third kappa shape index (κ3) is 4.11. The van der Waals surface area contributed by atoms with Crippen molar-refractivity contribution >= 4 is 29.0 Å². The average molecular weight is 331 g/mol. The largest absolute Gasteiger partial charge is 0.444 e. The van der Waals surface area contributed by atoms with Gasteiger partial charge in [0.25, 0.3) is 0 Å². The molecule has 2 heterocycles. The minimum absolute atomic E-state index is 0.185. The van der Waals surface area contributed by atoms with Gasteiger partial charge in [0.2, 0.25) is 0 Å². The number of likely N-dealkylation sites (tertiary alicyclic amines) is 1. The van der Waals surface area contributed by atoms with E-state index < -0.39 is 5.60 Å². The summed E-state index contributed by atoms with van der Waals surface area (Å²) in [5.41, 5.74) is -0.450. The number of nitrogens with zero attached hydrogens (tertiary/aromatic N) is 1. The molecule has 2 atom stereocenters. The number of carbonyl (C=O) groups excluding carboxylic acids is 1. The topological polar surface area (TPSA) is 41.6 Å². The molecule has 1 saturated heterocycles. The van der Waals surface area contributed by atoms with Crippen LogP contribution in [0.5, 0.6) is 0 Å². The molecule has 0 spiro atoms. The lowest BCUT2D eigenvalue weighted by atomic mass is 9.98. The number of nitrogens with one attached hydrogen (secondary N) is 1. The first-order valence-electron chi connectivity index (χ1n) is 7.20. The van der Waals surface area contributed by atoms with Gasteiger partial charge in [-0.1, -0.05) is 11.6 Å². The Labute approximate surface area is 135 Å². The molecule has 1 amide bonds. The van der Waals surface area contributed by atoms with Gasteiger partial charge in [0.15, 0.2) is 0 Å². The predicted octanol–water partition coefficient (Wildman–Crippen LogP) is 3.92. The van der Waals surface area contributed by atoms with Gasteiger partial charge < -0.3 is 15.0 Å². The van der Waals surface area contributed by atoms with Crippen LogP contribution in [-0.4, -0.2) is 36.7 Å². The Morgan fingerprint density at radius 2 is 2.29 bits per heavy atom. The highest BCUT2D eigenvalue weighted by molar-refractivity contribution is 7.10. The number of ether oxygens (including phenoxy) is 1. The molecule has 1 aliphatic heterocycles. The number of halogens is 1. The van der Waals surface area contributed by atoms with Gasteiger partial charge in [-0.25, -0.2) is 4.79 Å². The van der Waals surface area contributed by atoms with Crippen LogP contribution in [0.25, 0.3) is 0 Å². The Morgan fingerprint density at radius 1 is 1.57 bits per heavy atom. The molecule has 0 saturated carbocycles. The molecule has 1 aromatic heterocycles. The van der Waals surface area contributed by atoms with Gasteiger partial charge in [-0.05, 0) is 51.6 Å². The third-order valence-corrected chi connectivity index (χ3v) is 5.03. The van der Waals surface area contributed by atoms with E-state index in [0.29, 0.717) is 12.5 Å². The van der Waals surface area contributed by atoms with Crippen molar-refractivity contribution in [2.24, 2.45) is 5.92 Å². The summed E-state index contributed by atoms with van der Waals surface area (Å²) in [6.07, 6.45) is 0.732. The summed E-state index contributed by atoms with van der Waals surface area (Å²) < 4.78 is 5.44. The van der Waals surface area contributed by atoms with Crippen LogP contribution in [0.1, 0.15) is 38.1 Å². The quantitative estimate of drug-likeness (QED) is 0.913. The van der Waals surface area contributed by atoms with Crippen molar-refractivity contribution in [1.82, 2.24) is 10.2 Å². The zero-order valence-electron chi connectivity index (χ0n) is 13.0. The molecule has 1 N–H and O–H groups in total. The second kappa shape index (κ2) is 6.55. The number of rotatable bonds is 3. The Morgan fingerprint density at radius 3 is 2.81 bits per heavy atom. The van der Waals surface area contributed by atoms with Crippen LogP contribution in [0.3, 0.4) is 0 Å². The SMILES string of the molecule is CNC(c1sccc1Cl)C1CCN(C(=O)OC(C)(C)C)C1. The monoisotopic (exact) mass is 330 g/mol. The molecule has 0 aromatic carbocycles. The molecular weight excluding hydrogens is 308 g/mol. The molecule has 2 rings (SSSR count). The Hall–Kier alpha value is -0.780. The second-order valence-electron chi connectivity index (χ2n) is 6.37. The van der Waals surface area contributed by atoms with Crippen molar-refractivity contribution in [2.45, 2.75) is 38.8 Å². The van der Waals surface area contributed by atoms with Gasteiger partial charge in [-0.3, -0.25) is 0 Å². The minimum atomic E-state index is -0.450. The van der Waals surface area contributed by atoms with Crippen LogP contribution in [-0.2, 0) is 4.74 Å². The second-order valence-corrected chi connectivity index (χ2v) is 7.73. The van der Waals surface area contributed by atoms with E-state index >= 15 is 0 Å². The summed E-state index contributed by atoms with van der Waals surface area (Å²) >= 11 is 7.90. The molecular formula is C15H23ClN2O2S. The van der Waals surface area contributed by atoms with Gasteiger partial charge in [0.05, 0.1) is 5.02 Å². The van der Waals surface area contributed by atoms with Crippen LogP contribution in [0.2, 0.25) is 5.02 Å². The first-order chi connectivity index (χ1) is 9.81. The van der Waals surface area contributed by atoms with E-state index in [4.69, 9.17) is 16.3 Å². The van der Waals surface area contributed by atoms with Gasteiger partial charge in [0, 0.05) is 24.0 Å². The van der Waals surface area contributed by atoms with E-state index in [0.717, 1.165) is 22.9 Å². The Kier molecular flexibility index (Phi) is 5.17. The van der Waals surface area contributed by atoms with Crippen molar-refractivity contribution in [3.8, 4) is 0 Å². The highest BCUT2D eigenvalue weighted by Crippen LogP contribution is 2.37. The average Bonchev–Trinajstić information content (AvgIpc) is 2.99. The van der Waals surface area contributed by atoms with E-state index in [1.807, 2.05) is 39.3 Å². The summed E-state index contributed by atoms with van der Waals surface area (Å²) in [7, 11) is 1.94. The molecule has 0 aliphatic carbocycles. The predicted molar refractivity (Wildman–Crippen MR) is 87.0 cm³/mol. The first kappa shape index (κ1) is 16.6. The van der Waals surface area contributed by atoms with E-state index in [1.54, 1.807) is 16.2 Å². The smallest absolute Gasteiger partial charge is 0.410 e. The van der Waals surface area contributed by atoms with Crippen molar-refractivity contribution in [3.63, 3.8) is 0 Å². The molecule has 1 fully saturated rings. The maximum absolute atomic E-state index is 12.1. The third-order valence-electron chi connectivity index (χ3n) is 3.59. The van der Waals surface area contributed by atoms with Crippen LogP contribution >= 0.6 is 22.9 Å². The van der Waals surface area contributed by atoms with E-state index in [2.05, 4.69) is 5.32 Å².